The fourth-order valence-electron chi connectivity index (χ4n) is 1.83. The van der Waals surface area contributed by atoms with Gasteiger partial charge >= 0.3 is 0 Å². The zero-order chi connectivity index (χ0) is 16.5. The first-order valence-electron chi connectivity index (χ1n) is 7.04. The Morgan fingerprint density at radius 3 is 2.65 bits per heavy atom. The second kappa shape index (κ2) is 8.81. The number of nitrogens with zero attached hydrogens (tertiary/aromatic N) is 2. The summed E-state index contributed by atoms with van der Waals surface area (Å²) in [4.78, 5) is 0. The molecule has 0 unspecified atom stereocenters. The smallest absolute Gasteiger partial charge is 0.174 e. The molecule has 2 aromatic rings. The molecule has 2 aromatic carbocycles. The molecule has 0 atom stereocenters. The molecule has 0 bridgehead atoms. The van der Waals surface area contributed by atoms with Crippen LogP contribution in [0.3, 0.4) is 0 Å². The minimum Gasteiger partial charge on any atom is -0.490 e. The quantitative estimate of drug-likeness (QED) is 0.583. The predicted molar refractivity (Wildman–Crippen MR) is 94.1 cm³/mol. The third-order valence-electron chi connectivity index (χ3n) is 2.83. The molecule has 0 saturated heterocycles. The highest BCUT2D eigenvalue weighted by atomic mass is 79.9. The van der Waals surface area contributed by atoms with Crippen molar-refractivity contribution in [1.29, 1.82) is 5.26 Å². The largest absolute Gasteiger partial charge is 0.490 e. The van der Waals surface area contributed by atoms with Crippen molar-refractivity contribution < 1.29 is 9.47 Å². The predicted octanol–water partition coefficient (Wildman–Crippen LogP) is 4.20. The topological polar surface area (TPSA) is 66.6 Å². The van der Waals surface area contributed by atoms with Gasteiger partial charge < -0.3 is 9.47 Å². The molecular weight excluding hydrogens is 358 g/mol. The van der Waals surface area contributed by atoms with Gasteiger partial charge in [0.05, 0.1) is 18.5 Å². The maximum absolute atomic E-state index is 8.64. The van der Waals surface area contributed by atoms with E-state index in [9.17, 15) is 0 Å². The van der Waals surface area contributed by atoms with E-state index in [1.807, 2.05) is 49.4 Å². The summed E-state index contributed by atoms with van der Waals surface area (Å²) >= 11 is 3.47. The number of para-hydroxylation sites is 1. The summed E-state index contributed by atoms with van der Waals surface area (Å²) in [5, 5.41) is 12.9. The lowest BCUT2D eigenvalue weighted by atomic mass is 10.2. The van der Waals surface area contributed by atoms with Crippen molar-refractivity contribution in [1.82, 2.24) is 0 Å². The number of nitriles is 1. The van der Waals surface area contributed by atoms with E-state index in [0.717, 1.165) is 15.7 Å². The van der Waals surface area contributed by atoms with Crippen LogP contribution in [0.5, 0.6) is 11.5 Å². The van der Waals surface area contributed by atoms with Crippen LogP contribution in [-0.4, -0.2) is 19.4 Å². The summed E-state index contributed by atoms with van der Waals surface area (Å²) in [5.41, 5.74) is 4.69. The maximum atomic E-state index is 8.64. The number of hydrazone groups is 1. The average molecular weight is 374 g/mol. The molecule has 0 aromatic heterocycles. The molecule has 0 amide bonds. The number of ether oxygens (including phenoxy) is 2. The number of rotatable bonds is 7. The number of benzene rings is 2. The summed E-state index contributed by atoms with van der Waals surface area (Å²) < 4.78 is 11.7. The van der Waals surface area contributed by atoms with E-state index in [1.54, 1.807) is 12.3 Å². The van der Waals surface area contributed by atoms with E-state index in [-0.39, 0.29) is 6.61 Å². The van der Waals surface area contributed by atoms with Crippen LogP contribution in [0.2, 0.25) is 0 Å². The van der Waals surface area contributed by atoms with Gasteiger partial charge in [0.2, 0.25) is 0 Å². The molecule has 0 aliphatic heterocycles. The highest BCUT2D eigenvalue weighted by molar-refractivity contribution is 9.10. The summed E-state index contributed by atoms with van der Waals surface area (Å²) in [6, 6.07) is 15.2. The zero-order valence-corrected chi connectivity index (χ0v) is 14.2. The van der Waals surface area contributed by atoms with Crippen LogP contribution < -0.4 is 14.9 Å². The van der Waals surface area contributed by atoms with E-state index < -0.39 is 0 Å². The SMILES string of the molecule is CCOc1cc(/C=N/Nc2ccccc2)c(Br)cc1OCC#N. The Labute approximate surface area is 143 Å². The third-order valence-corrected chi connectivity index (χ3v) is 3.51. The van der Waals surface area contributed by atoms with Gasteiger partial charge in [0.25, 0.3) is 0 Å². The molecule has 2 rings (SSSR count). The first-order valence-corrected chi connectivity index (χ1v) is 7.84. The number of hydrogen-bond donors (Lipinski definition) is 1. The Kier molecular flexibility index (Phi) is 6.45. The summed E-state index contributed by atoms with van der Waals surface area (Å²) in [6.07, 6.45) is 1.69. The Balaban J connectivity index is 2.17. The molecule has 0 spiro atoms. The Morgan fingerprint density at radius 1 is 1.22 bits per heavy atom. The first kappa shape index (κ1) is 16.8. The molecule has 5 nitrogen and oxygen atoms in total. The highest BCUT2D eigenvalue weighted by Crippen LogP contribution is 2.33. The normalized spacial score (nSPS) is 10.3. The van der Waals surface area contributed by atoms with Crippen LogP contribution in [0.15, 0.2) is 52.0 Å². The minimum absolute atomic E-state index is 0.0322. The van der Waals surface area contributed by atoms with Gasteiger partial charge in [-0.2, -0.15) is 10.4 Å². The molecule has 0 aliphatic carbocycles. The number of anilines is 1. The molecule has 6 heteroatoms. The maximum Gasteiger partial charge on any atom is 0.174 e. The average Bonchev–Trinajstić information content (AvgIpc) is 2.57. The number of halogens is 1. The molecule has 0 radical (unpaired) electrons. The van der Waals surface area contributed by atoms with Gasteiger partial charge in [0.15, 0.2) is 18.1 Å². The zero-order valence-electron chi connectivity index (χ0n) is 12.6. The second-order valence-corrected chi connectivity index (χ2v) is 5.29. The molecule has 0 aliphatic rings. The van der Waals surface area contributed by atoms with Gasteiger partial charge in [0.1, 0.15) is 6.07 Å². The Bertz CT molecular complexity index is 712. The van der Waals surface area contributed by atoms with Crippen molar-refractivity contribution in [2.45, 2.75) is 6.92 Å². The molecular formula is C17H16BrN3O2. The summed E-state index contributed by atoms with van der Waals surface area (Å²) in [7, 11) is 0. The van der Waals surface area contributed by atoms with Crippen molar-refractivity contribution in [3.8, 4) is 17.6 Å². The molecule has 0 fully saturated rings. The lowest BCUT2D eigenvalue weighted by Gasteiger charge is -2.12. The van der Waals surface area contributed by atoms with Crippen molar-refractivity contribution in [3.05, 3.63) is 52.5 Å². The van der Waals surface area contributed by atoms with Crippen molar-refractivity contribution in [2.75, 3.05) is 18.6 Å². The van der Waals surface area contributed by atoms with Crippen molar-refractivity contribution in [2.24, 2.45) is 5.10 Å². The monoisotopic (exact) mass is 373 g/mol. The van der Waals surface area contributed by atoms with E-state index in [4.69, 9.17) is 14.7 Å². The summed E-state index contributed by atoms with van der Waals surface area (Å²) in [5.74, 6) is 1.10. The molecule has 0 heterocycles. The van der Waals surface area contributed by atoms with Gasteiger partial charge in [-0.05, 0) is 47.1 Å². The van der Waals surface area contributed by atoms with Gasteiger partial charge in [-0.25, -0.2) is 0 Å². The minimum atomic E-state index is -0.0322. The molecule has 23 heavy (non-hydrogen) atoms. The first-order chi connectivity index (χ1) is 11.2. The Hall–Kier alpha value is -2.52. The van der Waals surface area contributed by atoms with Gasteiger partial charge in [-0.15, -0.1) is 0 Å². The second-order valence-electron chi connectivity index (χ2n) is 4.44. The van der Waals surface area contributed by atoms with E-state index in [1.165, 1.54) is 0 Å². The van der Waals surface area contributed by atoms with Crippen molar-refractivity contribution >= 4 is 27.8 Å². The van der Waals surface area contributed by atoms with Crippen LogP contribution in [0.4, 0.5) is 5.69 Å². The highest BCUT2D eigenvalue weighted by Gasteiger charge is 2.10. The Morgan fingerprint density at radius 2 is 1.96 bits per heavy atom. The summed E-state index contributed by atoms with van der Waals surface area (Å²) in [6.45, 7) is 2.36. The van der Waals surface area contributed by atoms with Crippen LogP contribution in [-0.2, 0) is 0 Å². The van der Waals surface area contributed by atoms with Crippen LogP contribution in [0.25, 0.3) is 0 Å². The van der Waals surface area contributed by atoms with Gasteiger partial charge in [0, 0.05) is 10.0 Å². The lowest BCUT2D eigenvalue weighted by molar-refractivity contribution is 0.298. The fraction of sp³-hybridized carbons (Fsp3) is 0.176. The van der Waals surface area contributed by atoms with E-state index in [2.05, 4.69) is 26.5 Å². The van der Waals surface area contributed by atoms with Crippen LogP contribution in [0.1, 0.15) is 12.5 Å². The van der Waals surface area contributed by atoms with Crippen LogP contribution in [0, 0.1) is 11.3 Å². The standard InChI is InChI=1S/C17H16BrN3O2/c1-2-22-16-10-13(15(18)11-17(16)23-9-8-19)12-20-21-14-6-4-3-5-7-14/h3-7,10-12,21H,2,9H2,1H3/b20-12+. The number of nitrogens with one attached hydrogen (secondary N) is 1. The fourth-order valence-corrected chi connectivity index (χ4v) is 2.25. The molecule has 0 saturated carbocycles. The third kappa shape index (κ3) is 5.01. The van der Waals surface area contributed by atoms with E-state index >= 15 is 0 Å². The van der Waals surface area contributed by atoms with E-state index in [0.29, 0.717) is 18.1 Å². The van der Waals surface area contributed by atoms with Crippen LogP contribution >= 0.6 is 15.9 Å². The lowest BCUT2D eigenvalue weighted by Crippen LogP contribution is -2.01. The van der Waals surface area contributed by atoms with Crippen molar-refractivity contribution in [3.63, 3.8) is 0 Å². The van der Waals surface area contributed by atoms with Gasteiger partial charge in [-0.1, -0.05) is 18.2 Å². The van der Waals surface area contributed by atoms with Gasteiger partial charge in [-0.3, -0.25) is 5.43 Å². The molecule has 118 valence electrons. The number of hydrogen-bond acceptors (Lipinski definition) is 5. The molecule has 1 N–H and O–H groups in total.